The molecule has 0 heterocycles. The highest BCUT2D eigenvalue weighted by atomic mass is 16.5. The van der Waals surface area contributed by atoms with Crippen molar-refractivity contribution in [3.05, 3.63) is 12.2 Å². The van der Waals surface area contributed by atoms with Crippen molar-refractivity contribution in [3.63, 3.8) is 0 Å². The topological polar surface area (TPSA) is 55.8 Å². The molecule has 4 nitrogen and oxygen atoms in total. The second-order valence-corrected chi connectivity index (χ2v) is 7.47. The Balaban J connectivity index is 3.16. The van der Waals surface area contributed by atoms with Crippen LogP contribution < -0.4 is 0 Å². The summed E-state index contributed by atoms with van der Waals surface area (Å²) in [6, 6.07) is 0. The summed E-state index contributed by atoms with van der Waals surface area (Å²) in [6.45, 7) is 4.52. The van der Waals surface area contributed by atoms with Crippen molar-refractivity contribution in [2.24, 2.45) is 0 Å². The molecule has 0 saturated carbocycles. The van der Waals surface area contributed by atoms with E-state index >= 15 is 0 Å². The van der Waals surface area contributed by atoms with Crippen LogP contribution in [0.2, 0.25) is 0 Å². The monoisotopic (exact) mass is 384 g/mol. The number of hydrogen-bond acceptors (Lipinski definition) is 4. The molecule has 160 valence electrons. The largest absolute Gasteiger partial charge is 0.463 e. The summed E-state index contributed by atoms with van der Waals surface area (Å²) in [7, 11) is 0. The Morgan fingerprint density at radius 3 is 1.89 bits per heavy atom. The average molecular weight is 385 g/mol. The maximum atomic E-state index is 10.6. The summed E-state index contributed by atoms with van der Waals surface area (Å²) >= 11 is 0. The summed E-state index contributed by atoms with van der Waals surface area (Å²) in [6.07, 6.45) is 22.1. The molecular formula is C23H44O4. The van der Waals surface area contributed by atoms with E-state index in [4.69, 9.17) is 9.47 Å². The van der Waals surface area contributed by atoms with Crippen LogP contribution in [0.4, 0.5) is 0 Å². The lowest BCUT2D eigenvalue weighted by molar-refractivity contribution is -0.145. The van der Waals surface area contributed by atoms with Crippen LogP contribution in [0, 0.1) is 0 Å². The lowest BCUT2D eigenvalue weighted by Crippen LogP contribution is -2.23. The van der Waals surface area contributed by atoms with Crippen LogP contribution in [0.25, 0.3) is 0 Å². The Hall–Kier alpha value is -0.870. The molecule has 0 bridgehead atoms. The lowest BCUT2D eigenvalue weighted by atomic mass is 10.1. The maximum absolute atomic E-state index is 10.6. The summed E-state index contributed by atoms with van der Waals surface area (Å²) in [5.74, 6) is -0.373. The number of carbonyl (C=O) groups excluding carboxylic acids is 1. The number of allylic oxidation sites excluding steroid dienone is 2. The van der Waals surface area contributed by atoms with Gasteiger partial charge >= 0.3 is 5.97 Å². The van der Waals surface area contributed by atoms with Crippen molar-refractivity contribution >= 4 is 5.97 Å². The molecule has 0 aromatic carbocycles. The van der Waals surface area contributed by atoms with Gasteiger partial charge in [0.2, 0.25) is 0 Å². The predicted molar refractivity (Wildman–Crippen MR) is 113 cm³/mol. The first-order chi connectivity index (χ1) is 13.2. The van der Waals surface area contributed by atoms with Gasteiger partial charge in [-0.05, 0) is 32.1 Å². The fourth-order valence-electron chi connectivity index (χ4n) is 2.93. The van der Waals surface area contributed by atoms with Crippen LogP contribution in [-0.2, 0) is 14.3 Å². The molecule has 0 amide bonds. The molecule has 0 fully saturated rings. The first kappa shape index (κ1) is 26.1. The number of carbonyl (C=O) groups is 1. The van der Waals surface area contributed by atoms with E-state index in [1.807, 2.05) is 0 Å². The Labute approximate surface area is 167 Å². The molecule has 0 radical (unpaired) electrons. The number of rotatable bonds is 20. The van der Waals surface area contributed by atoms with Gasteiger partial charge in [-0.2, -0.15) is 0 Å². The third-order valence-corrected chi connectivity index (χ3v) is 4.59. The Bertz CT molecular complexity index is 341. The van der Waals surface area contributed by atoms with Gasteiger partial charge < -0.3 is 14.6 Å². The van der Waals surface area contributed by atoms with Gasteiger partial charge in [-0.3, -0.25) is 4.79 Å². The third-order valence-electron chi connectivity index (χ3n) is 4.59. The summed E-state index contributed by atoms with van der Waals surface area (Å²) < 4.78 is 10.1. The van der Waals surface area contributed by atoms with Crippen molar-refractivity contribution in [1.29, 1.82) is 0 Å². The molecule has 0 saturated heterocycles. The van der Waals surface area contributed by atoms with Crippen LogP contribution in [0.15, 0.2) is 12.2 Å². The zero-order chi connectivity index (χ0) is 20.0. The highest BCUT2D eigenvalue weighted by Crippen LogP contribution is 2.10. The van der Waals surface area contributed by atoms with Gasteiger partial charge in [0.1, 0.15) is 12.7 Å². The van der Waals surface area contributed by atoms with Crippen LogP contribution in [0.5, 0.6) is 0 Å². The Morgan fingerprint density at radius 2 is 1.33 bits per heavy atom. The third kappa shape index (κ3) is 23.1. The van der Waals surface area contributed by atoms with Crippen LogP contribution in [-0.4, -0.2) is 37.0 Å². The van der Waals surface area contributed by atoms with Crippen LogP contribution in [0.3, 0.4) is 0 Å². The molecule has 0 aliphatic carbocycles. The summed E-state index contributed by atoms with van der Waals surface area (Å²) in [5.41, 5.74) is 0. The van der Waals surface area contributed by atoms with Gasteiger partial charge in [-0.1, -0.05) is 76.9 Å². The maximum Gasteiger partial charge on any atom is 0.302 e. The van der Waals surface area contributed by atoms with Crippen LogP contribution >= 0.6 is 0 Å². The zero-order valence-corrected chi connectivity index (χ0v) is 17.9. The highest BCUT2D eigenvalue weighted by molar-refractivity contribution is 5.65. The van der Waals surface area contributed by atoms with Gasteiger partial charge in [0, 0.05) is 13.5 Å². The molecule has 4 heteroatoms. The number of esters is 1. The van der Waals surface area contributed by atoms with Crippen LogP contribution in [0.1, 0.15) is 104 Å². The quantitative estimate of drug-likeness (QED) is 0.160. The molecule has 0 unspecified atom stereocenters. The number of unbranched alkanes of at least 4 members (excludes halogenated alkanes) is 12. The standard InChI is InChI=1S/C23H44O4/c1-3-4-5-6-7-8-9-10-11-12-13-14-15-16-17-18-19-26-20-23(25)21-27-22(2)24/h10-11,23,25H,3-9,12-21H2,1-2H3/b11-10-/t23-/m0/s1. The van der Waals surface area contributed by atoms with Gasteiger partial charge in [-0.25, -0.2) is 0 Å². The molecule has 0 aliphatic rings. The minimum absolute atomic E-state index is 0.0166. The second kappa shape index (κ2) is 21.4. The molecule has 0 spiro atoms. The first-order valence-corrected chi connectivity index (χ1v) is 11.2. The van der Waals surface area contributed by atoms with E-state index in [9.17, 15) is 9.90 Å². The van der Waals surface area contributed by atoms with E-state index in [0.717, 1.165) is 6.42 Å². The fraction of sp³-hybridized carbons (Fsp3) is 0.870. The fourth-order valence-corrected chi connectivity index (χ4v) is 2.93. The number of ether oxygens (including phenoxy) is 2. The molecule has 27 heavy (non-hydrogen) atoms. The van der Waals surface area contributed by atoms with E-state index in [2.05, 4.69) is 19.1 Å². The normalized spacial score (nSPS) is 12.6. The second-order valence-electron chi connectivity index (χ2n) is 7.47. The minimum atomic E-state index is -0.719. The smallest absolute Gasteiger partial charge is 0.302 e. The number of aliphatic hydroxyl groups excluding tert-OH is 1. The van der Waals surface area contributed by atoms with E-state index in [0.29, 0.717) is 6.61 Å². The molecule has 1 N–H and O–H groups in total. The molecule has 1 atom stereocenters. The van der Waals surface area contributed by atoms with Crippen molar-refractivity contribution in [3.8, 4) is 0 Å². The number of hydrogen-bond donors (Lipinski definition) is 1. The molecule has 0 aliphatic heterocycles. The zero-order valence-electron chi connectivity index (χ0n) is 17.9. The van der Waals surface area contributed by atoms with Gasteiger partial charge in [0.15, 0.2) is 0 Å². The molecule has 0 aromatic rings. The Morgan fingerprint density at radius 1 is 0.815 bits per heavy atom. The van der Waals surface area contributed by atoms with E-state index in [1.54, 1.807) is 0 Å². The van der Waals surface area contributed by atoms with Gasteiger partial charge in [0.05, 0.1) is 6.61 Å². The first-order valence-electron chi connectivity index (χ1n) is 11.2. The van der Waals surface area contributed by atoms with Gasteiger partial charge in [0.25, 0.3) is 0 Å². The van der Waals surface area contributed by atoms with Gasteiger partial charge in [-0.15, -0.1) is 0 Å². The molecular weight excluding hydrogens is 340 g/mol. The number of aliphatic hydroxyl groups is 1. The predicted octanol–water partition coefficient (Wildman–Crippen LogP) is 5.96. The highest BCUT2D eigenvalue weighted by Gasteiger charge is 2.05. The van der Waals surface area contributed by atoms with E-state index < -0.39 is 6.10 Å². The van der Waals surface area contributed by atoms with Crippen molar-refractivity contribution in [2.45, 2.75) is 110 Å². The van der Waals surface area contributed by atoms with E-state index in [-0.39, 0.29) is 19.2 Å². The SMILES string of the molecule is CCCCCCCC/C=C\CCCCCCCCOC[C@H](O)COC(C)=O. The van der Waals surface area contributed by atoms with Crippen molar-refractivity contribution in [2.75, 3.05) is 19.8 Å². The summed E-state index contributed by atoms with van der Waals surface area (Å²) in [5, 5.41) is 9.53. The average Bonchev–Trinajstić information content (AvgIpc) is 2.65. The Kier molecular flexibility index (Phi) is 20.7. The van der Waals surface area contributed by atoms with Crippen molar-refractivity contribution in [1.82, 2.24) is 0 Å². The minimum Gasteiger partial charge on any atom is -0.463 e. The lowest BCUT2D eigenvalue weighted by Gasteiger charge is -2.10. The molecule has 0 rings (SSSR count). The molecule has 0 aromatic heterocycles. The summed E-state index contributed by atoms with van der Waals surface area (Å²) in [4.78, 5) is 10.6. The van der Waals surface area contributed by atoms with E-state index in [1.165, 1.54) is 90.4 Å². The van der Waals surface area contributed by atoms with Crippen molar-refractivity contribution < 1.29 is 19.4 Å².